The maximum Gasteiger partial charge on any atom is 0.282 e. The number of para-hydroxylation sites is 1. The molecule has 0 aromatic heterocycles. The van der Waals surface area contributed by atoms with Gasteiger partial charge in [-0.1, -0.05) is 35.9 Å². The number of carbonyl (C=O) groups is 2. The number of carbonyl (C=O) groups excluding carboxylic acids is 2. The summed E-state index contributed by atoms with van der Waals surface area (Å²) in [6, 6.07) is 18.9. The number of imide groups is 1. The van der Waals surface area contributed by atoms with Crippen molar-refractivity contribution >= 4 is 40.4 Å². The number of benzene rings is 3. The van der Waals surface area contributed by atoms with Crippen LogP contribution < -0.4 is 24.4 Å². The number of ether oxygens (including phenoxy) is 3. The number of hydrogen-bond donors (Lipinski definition) is 1. The Kier molecular flexibility index (Phi) is 5.40. The Morgan fingerprint density at radius 3 is 2.36 bits per heavy atom. The van der Waals surface area contributed by atoms with Gasteiger partial charge in [0.05, 0.1) is 23.4 Å². The van der Waals surface area contributed by atoms with Crippen LogP contribution in [-0.4, -0.2) is 32.1 Å². The van der Waals surface area contributed by atoms with Crippen LogP contribution in [0.2, 0.25) is 5.02 Å². The van der Waals surface area contributed by atoms with Gasteiger partial charge in [-0.2, -0.15) is 0 Å². The fourth-order valence-corrected chi connectivity index (χ4v) is 4.01. The third-order valence-electron chi connectivity index (χ3n) is 5.37. The number of nitrogens with zero attached hydrogens (tertiary/aromatic N) is 1. The van der Waals surface area contributed by atoms with Gasteiger partial charge in [-0.3, -0.25) is 9.59 Å². The first-order chi connectivity index (χ1) is 16.1. The normalized spacial score (nSPS) is 15.2. The third kappa shape index (κ3) is 3.76. The average molecular weight is 463 g/mol. The highest BCUT2D eigenvalue weighted by atomic mass is 35.5. The van der Waals surface area contributed by atoms with Crippen molar-refractivity contribution in [1.29, 1.82) is 0 Å². The molecular formula is C25H19ClN2O5. The molecule has 2 amide bonds. The maximum absolute atomic E-state index is 13.5. The molecule has 3 aromatic carbocycles. The van der Waals surface area contributed by atoms with Gasteiger partial charge in [-0.05, 0) is 42.0 Å². The van der Waals surface area contributed by atoms with Crippen LogP contribution >= 0.6 is 11.6 Å². The lowest BCUT2D eigenvalue weighted by Gasteiger charge is -2.19. The van der Waals surface area contributed by atoms with E-state index in [4.69, 9.17) is 25.8 Å². The number of methoxy groups -OCH3 is 1. The van der Waals surface area contributed by atoms with Crippen molar-refractivity contribution in [2.24, 2.45) is 0 Å². The van der Waals surface area contributed by atoms with E-state index in [1.807, 2.05) is 0 Å². The predicted molar refractivity (Wildman–Crippen MR) is 125 cm³/mol. The second-order valence-electron chi connectivity index (χ2n) is 7.36. The molecule has 0 fully saturated rings. The molecule has 3 aromatic rings. The van der Waals surface area contributed by atoms with E-state index in [2.05, 4.69) is 5.32 Å². The van der Waals surface area contributed by atoms with Crippen molar-refractivity contribution in [3.63, 3.8) is 0 Å². The molecule has 0 aliphatic carbocycles. The molecule has 2 heterocycles. The van der Waals surface area contributed by atoms with Crippen molar-refractivity contribution in [2.45, 2.75) is 0 Å². The highest BCUT2D eigenvalue weighted by Gasteiger charge is 2.41. The number of hydrogen-bond acceptors (Lipinski definition) is 6. The van der Waals surface area contributed by atoms with Gasteiger partial charge in [0.25, 0.3) is 11.8 Å². The van der Waals surface area contributed by atoms with E-state index in [0.717, 1.165) is 4.90 Å². The maximum atomic E-state index is 13.5. The van der Waals surface area contributed by atoms with Crippen molar-refractivity contribution in [3.05, 3.63) is 83.0 Å². The molecule has 2 aliphatic heterocycles. The lowest BCUT2D eigenvalue weighted by Crippen LogP contribution is -2.32. The molecule has 2 aliphatic rings. The van der Waals surface area contributed by atoms with E-state index in [0.29, 0.717) is 52.4 Å². The fourth-order valence-electron chi connectivity index (χ4n) is 3.79. The molecule has 8 heteroatoms. The van der Waals surface area contributed by atoms with E-state index in [9.17, 15) is 9.59 Å². The SMILES string of the molecule is COc1ccc(C2=C(Nc3ccc4c(c3)OCCO4)C(=O)N(c3ccccc3Cl)C2=O)cc1. The molecule has 5 rings (SSSR count). The minimum Gasteiger partial charge on any atom is -0.497 e. The van der Waals surface area contributed by atoms with Crippen LogP contribution in [0.3, 0.4) is 0 Å². The largest absolute Gasteiger partial charge is 0.497 e. The molecule has 166 valence electrons. The Bertz CT molecular complexity index is 1290. The van der Waals surface area contributed by atoms with Crippen LogP contribution in [0.4, 0.5) is 11.4 Å². The first-order valence-electron chi connectivity index (χ1n) is 10.3. The van der Waals surface area contributed by atoms with Crippen LogP contribution in [0.15, 0.2) is 72.4 Å². The quantitative estimate of drug-likeness (QED) is 0.562. The van der Waals surface area contributed by atoms with Gasteiger partial charge in [-0.25, -0.2) is 4.90 Å². The zero-order valence-corrected chi connectivity index (χ0v) is 18.4. The van der Waals surface area contributed by atoms with E-state index >= 15 is 0 Å². The zero-order chi connectivity index (χ0) is 22.9. The van der Waals surface area contributed by atoms with E-state index in [1.165, 1.54) is 0 Å². The number of nitrogens with one attached hydrogen (secondary N) is 1. The van der Waals surface area contributed by atoms with Crippen molar-refractivity contribution in [1.82, 2.24) is 0 Å². The third-order valence-corrected chi connectivity index (χ3v) is 5.69. The number of anilines is 2. The Hall–Kier alpha value is -3.97. The number of amides is 2. The second kappa shape index (κ2) is 8.52. The van der Waals surface area contributed by atoms with Crippen LogP contribution in [0.5, 0.6) is 17.2 Å². The van der Waals surface area contributed by atoms with Crippen LogP contribution in [-0.2, 0) is 9.59 Å². The van der Waals surface area contributed by atoms with Gasteiger partial charge >= 0.3 is 0 Å². The van der Waals surface area contributed by atoms with Crippen molar-refractivity contribution < 1.29 is 23.8 Å². The monoisotopic (exact) mass is 462 g/mol. The fraction of sp³-hybridized carbons (Fsp3) is 0.120. The molecule has 0 saturated heterocycles. The Labute approximate surface area is 195 Å². The summed E-state index contributed by atoms with van der Waals surface area (Å²) >= 11 is 6.32. The standard InChI is InChI=1S/C25H19ClN2O5/c1-31-17-9-6-15(7-10-17)22-23(27-16-8-11-20-21(14-16)33-13-12-32-20)25(30)28(24(22)29)19-5-3-2-4-18(19)26/h2-11,14,27H,12-13H2,1H3. The summed E-state index contributed by atoms with van der Waals surface area (Å²) in [5.74, 6) is 0.854. The summed E-state index contributed by atoms with van der Waals surface area (Å²) in [5.41, 5.74) is 1.85. The van der Waals surface area contributed by atoms with Crippen LogP contribution in [0.25, 0.3) is 5.57 Å². The molecule has 0 saturated carbocycles. The molecule has 7 nitrogen and oxygen atoms in total. The summed E-state index contributed by atoms with van der Waals surface area (Å²) < 4.78 is 16.4. The minimum atomic E-state index is -0.506. The summed E-state index contributed by atoms with van der Waals surface area (Å²) in [6.45, 7) is 0.917. The van der Waals surface area contributed by atoms with Crippen molar-refractivity contribution in [2.75, 3.05) is 30.5 Å². The molecule has 0 unspecified atom stereocenters. The zero-order valence-electron chi connectivity index (χ0n) is 17.6. The summed E-state index contributed by atoms with van der Waals surface area (Å²) in [5, 5.41) is 3.43. The number of halogens is 1. The molecular weight excluding hydrogens is 444 g/mol. The minimum absolute atomic E-state index is 0.141. The first-order valence-corrected chi connectivity index (χ1v) is 10.6. The summed E-state index contributed by atoms with van der Waals surface area (Å²) in [7, 11) is 1.56. The van der Waals surface area contributed by atoms with Crippen molar-refractivity contribution in [3.8, 4) is 17.2 Å². The van der Waals surface area contributed by atoms with Gasteiger partial charge in [-0.15, -0.1) is 0 Å². The Balaban J connectivity index is 1.59. The number of fused-ring (bicyclic) bond motifs is 1. The highest BCUT2D eigenvalue weighted by molar-refractivity contribution is 6.48. The van der Waals surface area contributed by atoms with E-state index in [1.54, 1.807) is 73.8 Å². The first kappa shape index (κ1) is 20.9. The number of rotatable bonds is 5. The predicted octanol–water partition coefficient (Wildman–Crippen LogP) is 4.52. The lowest BCUT2D eigenvalue weighted by molar-refractivity contribution is -0.120. The average Bonchev–Trinajstić information content (AvgIpc) is 3.08. The van der Waals surface area contributed by atoms with Gasteiger partial charge in [0, 0.05) is 11.8 Å². The smallest absolute Gasteiger partial charge is 0.282 e. The summed E-state index contributed by atoms with van der Waals surface area (Å²) in [6.07, 6.45) is 0. The highest BCUT2D eigenvalue weighted by Crippen LogP contribution is 2.38. The second-order valence-corrected chi connectivity index (χ2v) is 7.77. The van der Waals surface area contributed by atoms with E-state index < -0.39 is 11.8 Å². The molecule has 1 N–H and O–H groups in total. The lowest BCUT2D eigenvalue weighted by atomic mass is 10.0. The van der Waals surface area contributed by atoms with Gasteiger partial charge in [0.1, 0.15) is 24.7 Å². The van der Waals surface area contributed by atoms with E-state index in [-0.39, 0.29) is 11.3 Å². The van der Waals surface area contributed by atoms with Gasteiger partial charge in [0.15, 0.2) is 11.5 Å². The molecule has 0 atom stereocenters. The summed E-state index contributed by atoms with van der Waals surface area (Å²) in [4.78, 5) is 28.1. The van der Waals surface area contributed by atoms with Crippen LogP contribution in [0, 0.1) is 0 Å². The molecule has 0 radical (unpaired) electrons. The Morgan fingerprint density at radius 2 is 1.64 bits per heavy atom. The molecule has 33 heavy (non-hydrogen) atoms. The molecule has 0 spiro atoms. The Morgan fingerprint density at radius 1 is 0.909 bits per heavy atom. The van der Waals surface area contributed by atoms with Gasteiger partial charge in [0.2, 0.25) is 0 Å². The topological polar surface area (TPSA) is 77.1 Å². The van der Waals surface area contributed by atoms with Gasteiger partial charge < -0.3 is 19.5 Å². The molecule has 0 bridgehead atoms. The van der Waals surface area contributed by atoms with Crippen LogP contribution in [0.1, 0.15) is 5.56 Å².